The molecule has 1 saturated carbocycles. The molecule has 0 unspecified atom stereocenters. The van der Waals surface area contributed by atoms with E-state index in [4.69, 9.17) is 0 Å². The van der Waals surface area contributed by atoms with Gasteiger partial charge in [0.1, 0.15) is 11.5 Å². The first-order valence-corrected chi connectivity index (χ1v) is 4.71. The summed E-state index contributed by atoms with van der Waals surface area (Å²) in [4.78, 5) is 0. The minimum atomic E-state index is -4.49. The van der Waals surface area contributed by atoms with Gasteiger partial charge >= 0.3 is 6.18 Å². The van der Waals surface area contributed by atoms with Crippen molar-refractivity contribution in [1.82, 2.24) is 0 Å². The Morgan fingerprint density at radius 1 is 1.19 bits per heavy atom. The van der Waals surface area contributed by atoms with Gasteiger partial charge in [0, 0.05) is 0 Å². The van der Waals surface area contributed by atoms with Crippen molar-refractivity contribution >= 4 is 5.76 Å². The summed E-state index contributed by atoms with van der Waals surface area (Å²) >= 11 is 0. The molecular weight excluding hydrogens is 221 g/mol. The topological polar surface area (TPSA) is 40.5 Å². The number of rotatable bonds is 1. The summed E-state index contributed by atoms with van der Waals surface area (Å²) in [5.74, 6) is -0.655. The monoisotopic (exact) mass is 230 g/mol. The molecule has 2 nitrogen and oxygen atoms in total. The molecule has 1 aromatic carbocycles. The molecule has 2 N–H and O–H groups in total. The van der Waals surface area contributed by atoms with Crippen LogP contribution in [0.15, 0.2) is 23.8 Å². The van der Waals surface area contributed by atoms with Crippen LogP contribution in [0.4, 0.5) is 13.2 Å². The van der Waals surface area contributed by atoms with Gasteiger partial charge in [-0.15, -0.1) is 0 Å². The van der Waals surface area contributed by atoms with E-state index in [0.717, 1.165) is 30.5 Å². The third kappa shape index (κ3) is 1.98. The molecule has 0 radical (unpaired) electrons. The molecule has 1 aliphatic rings. The Balaban J connectivity index is 2.41. The summed E-state index contributed by atoms with van der Waals surface area (Å²) < 4.78 is 36.9. The normalized spacial score (nSPS) is 15.1. The number of halogens is 3. The van der Waals surface area contributed by atoms with Crippen molar-refractivity contribution in [3.8, 4) is 5.75 Å². The van der Waals surface area contributed by atoms with E-state index in [1.807, 2.05) is 0 Å². The van der Waals surface area contributed by atoms with Gasteiger partial charge in [0.05, 0.1) is 11.1 Å². The van der Waals surface area contributed by atoms with Gasteiger partial charge in [-0.2, -0.15) is 13.2 Å². The number of aliphatic hydroxyl groups excluding tert-OH is 1. The fourth-order valence-electron chi connectivity index (χ4n) is 1.40. The average Bonchev–Trinajstić information content (AvgIpc) is 2.98. The van der Waals surface area contributed by atoms with Crippen molar-refractivity contribution in [2.24, 2.45) is 0 Å². The number of phenolic OH excluding ortho intramolecular Hbond substituents is 1. The number of phenols is 1. The highest BCUT2D eigenvalue weighted by Gasteiger charge is 2.31. The van der Waals surface area contributed by atoms with Crippen LogP contribution < -0.4 is 0 Å². The molecule has 0 amide bonds. The molecule has 1 fully saturated rings. The fourth-order valence-corrected chi connectivity index (χ4v) is 1.40. The zero-order valence-electron chi connectivity index (χ0n) is 8.17. The lowest BCUT2D eigenvalue weighted by Gasteiger charge is -2.09. The highest BCUT2D eigenvalue weighted by Crippen LogP contribution is 2.39. The van der Waals surface area contributed by atoms with Gasteiger partial charge in [-0.25, -0.2) is 0 Å². The minimum Gasteiger partial charge on any atom is -0.507 e. The first-order valence-electron chi connectivity index (χ1n) is 4.71. The Hall–Kier alpha value is -1.65. The van der Waals surface area contributed by atoms with Gasteiger partial charge in [-0.3, -0.25) is 0 Å². The van der Waals surface area contributed by atoms with E-state index in [2.05, 4.69) is 0 Å². The van der Waals surface area contributed by atoms with Crippen molar-refractivity contribution < 1.29 is 23.4 Å². The van der Waals surface area contributed by atoms with Crippen LogP contribution in [0.2, 0.25) is 0 Å². The maximum atomic E-state index is 12.3. The fraction of sp³-hybridized carbons (Fsp3) is 0.273. The summed E-state index contributed by atoms with van der Waals surface area (Å²) in [6, 6.07) is 2.54. The molecule has 0 atom stereocenters. The summed E-state index contributed by atoms with van der Waals surface area (Å²) in [6.45, 7) is 0. The van der Waals surface area contributed by atoms with Crippen molar-refractivity contribution in [2.45, 2.75) is 19.0 Å². The van der Waals surface area contributed by atoms with E-state index >= 15 is 0 Å². The molecule has 0 spiro atoms. The first-order chi connectivity index (χ1) is 7.39. The van der Waals surface area contributed by atoms with Gasteiger partial charge in [0.25, 0.3) is 0 Å². The van der Waals surface area contributed by atoms with E-state index < -0.39 is 17.5 Å². The Bertz CT molecular complexity index is 455. The molecule has 0 heterocycles. The maximum absolute atomic E-state index is 12.3. The largest absolute Gasteiger partial charge is 0.507 e. The predicted octanol–water partition coefficient (Wildman–Crippen LogP) is 3.47. The van der Waals surface area contributed by atoms with Crippen LogP contribution in [-0.2, 0) is 6.18 Å². The molecule has 0 aromatic heterocycles. The second-order valence-corrected chi connectivity index (χ2v) is 3.68. The predicted molar refractivity (Wildman–Crippen MR) is 51.9 cm³/mol. The number of allylic oxidation sites excluding steroid dienone is 1. The molecule has 0 saturated heterocycles. The molecule has 0 aliphatic heterocycles. The van der Waals surface area contributed by atoms with Crippen molar-refractivity contribution in [2.75, 3.05) is 0 Å². The number of hydrogen-bond acceptors (Lipinski definition) is 2. The first kappa shape index (κ1) is 10.9. The lowest BCUT2D eigenvalue weighted by atomic mass is 10.1. The van der Waals surface area contributed by atoms with Gasteiger partial charge in [-0.05, 0) is 36.6 Å². The Morgan fingerprint density at radius 3 is 2.25 bits per heavy atom. The molecular formula is C11H9F3O2. The second kappa shape index (κ2) is 3.43. The molecule has 1 aromatic rings. The Morgan fingerprint density at radius 2 is 1.81 bits per heavy atom. The molecule has 5 heteroatoms. The highest BCUT2D eigenvalue weighted by molar-refractivity contribution is 5.69. The second-order valence-electron chi connectivity index (χ2n) is 3.68. The molecule has 1 aliphatic carbocycles. The van der Waals surface area contributed by atoms with Crippen LogP contribution in [0.5, 0.6) is 5.75 Å². The number of aromatic hydroxyl groups is 1. The van der Waals surface area contributed by atoms with E-state index in [9.17, 15) is 23.4 Å². The molecule has 16 heavy (non-hydrogen) atoms. The van der Waals surface area contributed by atoms with Crippen molar-refractivity contribution in [3.05, 3.63) is 34.9 Å². The average molecular weight is 230 g/mol. The number of aliphatic hydroxyl groups is 1. The zero-order chi connectivity index (χ0) is 11.9. The standard InChI is InChI=1S/C11H9F3O2/c12-11(13,14)7-3-4-8(9(15)5-7)10(16)6-1-2-6/h3-5,15-16H,1-2H2. The third-order valence-corrected chi connectivity index (χ3v) is 2.42. The SMILES string of the molecule is OC(=C1CC1)c1ccc(C(F)(F)F)cc1O. The lowest BCUT2D eigenvalue weighted by molar-refractivity contribution is -0.137. The van der Waals surface area contributed by atoms with Gasteiger partial charge < -0.3 is 10.2 Å². The van der Waals surface area contributed by atoms with Crippen LogP contribution in [0.1, 0.15) is 24.0 Å². The van der Waals surface area contributed by atoms with Gasteiger partial charge in [0.2, 0.25) is 0 Å². The molecule has 0 bridgehead atoms. The van der Waals surface area contributed by atoms with Crippen LogP contribution in [0.25, 0.3) is 5.76 Å². The van der Waals surface area contributed by atoms with E-state index in [1.54, 1.807) is 0 Å². The van der Waals surface area contributed by atoms with Crippen LogP contribution in [-0.4, -0.2) is 10.2 Å². The smallest absolute Gasteiger partial charge is 0.416 e. The third-order valence-electron chi connectivity index (χ3n) is 2.42. The van der Waals surface area contributed by atoms with E-state index in [1.165, 1.54) is 0 Å². The van der Waals surface area contributed by atoms with Gasteiger partial charge in [-0.1, -0.05) is 0 Å². The zero-order valence-corrected chi connectivity index (χ0v) is 8.17. The number of alkyl halides is 3. The van der Waals surface area contributed by atoms with Crippen LogP contribution in [0, 0.1) is 0 Å². The quantitative estimate of drug-likeness (QED) is 0.725. The van der Waals surface area contributed by atoms with Gasteiger partial charge in [0.15, 0.2) is 0 Å². The highest BCUT2D eigenvalue weighted by atomic mass is 19.4. The summed E-state index contributed by atoms with van der Waals surface area (Å²) in [5.41, 5.74) is -0.113. The summed E-state index contributed by atoms with van der Waals surface area (Å²) in [5, 5.41) is 19.0. The molecule has 86 valence electrons. The van der Waals surface area contributed by atoms with Crippen LogP contribution in [0.3, 0.4) is 0 Å². The number of hydrogen-bond donors (Lipinski definition) is 2. The Labute approximate surface area is 89.6 Å². The van der Waals surface area contributed by atoms with E-state index in [0.29, 0.717) is 6.07 Å². The van der Waals surface area contributed by atoms with Crippen LogP contribution >= 0.6 is 0 Å². The van der Waals surface area contributed by atoms with E-state index in [-0.39, 0.29) is 11.3 Å². The summed E-state index contributed by atoms with van der Waals surface area (Å²) in [6.07, 6.45) is -3.03. The Kier molecular flexibility index (Phi) is 2.33. The maximum Gasteiger partial charge on any atom is 0.416 e. The lowest BCUT2D eigenvalue weighted by Crippen LogP contribution is -2.04. The minimum absolute atomic E-state index is 0.0560. The summed E-state index contributed by atoms with van der Waals surface area (Å²) in [7, 11) is 0. The van der Waals surface area contributed by atoms with Crippen molar-refractivity contribution in [1.29, 1.82) is 0 Å². The number of benzene rings is 1. The van der Waals surface area contributed by atoms with Crippen molar-refractivity contribution in [3.63, 3.8) is 0 Å². The molecule has 2 rings (SSSR count).